The molecule has 4 aromatic rings. The van der Waals surface area contributed by atoms with E-state index in [4.69, 9.17) is 37.7 Å². The van der Waals surface area contributed by atoms with Gasteiger partial charge in [-0.3, -0.25) is 9.88 Å². The van der Waals surface area contributed by atoms with Gasteiger partial charge < -0.3 is 19.5 Å². The maximum atomic E-state index is 12.9. The first-order chi connectivity index (χ1) is 24.6. The number of rotatable bonds is 10. The van der Waals surface area contributed by atoms with E-state index < -0.39 is 17.7 Å². The monoisotopic (exact) mass is 743 g/mol. The standard InChI is InChI=1S/C43H51Cl2N3O4/c1-27-36(38(48-19-16-43(6,7)17-20-48)37(28(2)46-27)40(41(49)50)52-42(3,4)5)31-13-14-32-24-47(18-15-30(32)21-31)25-33-22-34(44)23-35(45)39(33)51-26-29-11-9-8-10-12-29/h8-14,21-23,40H,15-20,24-26H2,1-7H3,(H,49,50). The van der Waals surface area contributed by atoms with Gasteiger partial charge in [-0.25, -0.2) is 4.79 Å². The first-order valence-electron chi connectivity index (χ1n) is 18.2. The summed E-state index contributed by atoms with van der Waals surface area (Å²) in [6, 6.07) is 20.4. The van der Waals surface area contributed by atoms with Crippen LogP contribution in [0.2, 0.25) is 10.0 Å². The molecule has 3 heterocycles. The molecule has 3 aromatic carbocycles. The number of aromatic nitrogens is 1. The van der Waals surface area contributed by atoms with Crippen molar-refractivity contribution in [2.45, 2.75) is 99.1 Å². The van der Waals surface area contributed by atoms with Gasteiger partial charge in [0.1, 0.15) is 12.4 Å². The van der Waals surface area contributed by atoms with Gasteiger partial charge in [-0.15, -0.1) is 0 Å². The van der Waals surface area contributed by atoms with Crippen molar-refractivity contribution >= 4 is 34.9 Å². The Hall–Kier alpha value is -3.62. The molecule has 0 amide bonds. The molecule has 1 aromatic heterocycles. The van der Waals surface area contributed by atoms with Crippen LogP contribution >= 0.6 is 23.2 Å². The fourth-order valence-electron chi connectivity index (χ4n) is 7.52. The Kier molecular flexibility index (Phi) is 11.3. The SMILES string of the molecule is Cc1nc(C)c(C(OC(C)(C)C)C(=O)O)c(N2CCC(C)(C)CC2)c1-c1ccc2c(c1)CCN(Cc1cc(Cl)cc(Cl)c1OCc1ccccc1)C2. The van der Waals surface area contributed by atoms with Crippen molar-refractivity contribution in [3.63, 3.8) is 0 Å². The molecule has 1 saturated heterocycles. The van der Waals surface area contributed by atoms with Crippen LogP contribution < -0.4 is 9.64 Å². The van der Waals surface area contributed by atoms with E-state index in [2.05, 4.69) is 41.8 Å². The number of fused-ring (bicyclic) bond motifs is 1. The predicted molar refractivity (Wildman–Crippen MR) is 211 cm³/mol. The van der Waals surface area contributed by atoms with Crippen LogP contribution in [0.15, 0.2) is 60.7 Å². The summed E-state index contributed by atoms with van der Waals surface area (Å²) < 4.78 is 12.6. The van der Waals surface area contributed by atoms with Crippen molar-refractivity contribution in [2.24, 2.45) is 5.41 Å². The number of nitrogens with zero attached hydrogens (tertiary/aromatic N) is 3. The van der Waals surface area contributed by atoms with Crippen molar-refractivity contribution < 1.29 is 19.4 Å². The van der Waals surface area contributed by atoms with E-state index in [1.807, 2.05) is 71.0 Å². The van der Waals surface area contributed by atoms with Gasteiger partial charge in [0.2, 0.25) is 0 Å². The number of aliphatic carboxylic acids is 1. The molecule has 9 heteroatoms. The molecule has 276 valence electrons. The summed E-state index contributed by atoms with van der Waals surface area (Å²) in [5.74, 6) is -0.341. The van der Waals surface area contributed by atoms with Gasteiger partial charge in [-0.05, 0) is 93.7 Å². The minimum atomic E-state index is -1.15. The van der Waals surface area contributed by atoms with E-state index >= 15 is 0 Å². The van der Waals surface area contributed by atoms with Crippen LogP contribution in [0.1, 0.15) is 92.8 Å². The number of carboxylic acid groups (broad SMARTS) is 1. The third kappa shape index (κ3) is 8.77. The van der Waals surface area contributed by atoms with E-state index in [0.29, 0.717) is 40.2 Å². The van der Waals surface area contributed by atoms with Gasteiger partial charge in [-0.1, -0.05) is 85.6 Å². The number of pyridine rings is 1. The summed E-state index contributed by atoms with van der Waals surface area (Å²) in [5, 5.41) is 11.7. The molecule has 2 aliphatic rings. The lowest BCUT2D eigenvalue weighted by molar-refractivity contribution is -0.160. The van der Waals surface area contributed by atoms with Gasteiger partial charge in [0, 0.05) is 65.8 Å². The van der Waals surface area contributed by atoms with Crippen molar-refractivity contribution in [3.8, 4) is 16.9 Å². The van der Waals surface area contributed by atoms with Gasteiger partial charge in [0.05, 0.1) is 16.3 Å². The average molecular weight is 745 g/mol. The third-order valence-electron chi connectivity index (χ3n) is 10.3. The van der Waals surface area contributed by atoms with E-state index in [9.17, 15) is 9.90 Å². The van der Waals surface area contributed by atoms with Crippen molar-refractivity contribution in [1.82, 2.24) is 9.88 Å². The maximum absolute atomic E-state index is 12.9. The van der Waals surface area contributed by atoms with E-state index in [1.165, 1.54) is 11.1 Å². The van der Waals surface area contributed by atoms with Crippen LogP contribution in [0, 0.1) is 19.3 Å². The minimum Gasteiger partial charge on any atom is -0.487 e. The average Bonchev–Trinajstić information content (AvgIpc) is 3.06. The zero-order chi connectivity index (χ0) is 37.4. The molecule has 0 bridgehead atoms. The number of benzene rings is 3. The summed E-state index contributed by atoms with van der Waals surface area (Å²) >= 11 is 13.2. The van der Waals surface area contributed by atoms with Crippen molar-refractivity contribution in [3.05, 3.63) is 110 Å². The Morgan fingerprint density at radius 1 is 0.962 bits per heavy atom. The molecule has 1 N–H and O–H groups in total. The molecule has 1 unspecified atom stereocenters. The summed E-state index contributed by atoms with van der Waals surface area (Å²) in [6.07, 6.45) is 1.74. The van der Waals surface area contributed by atoms with Crippen molar-refractivity contribution in [1.29, 1.82) is 0 Å². The quantitative estimate of drug-likeness (QED) is 0.173. The second kappa shape index (κ2) is 15.4. The zero-order valence-corrected chi connectivity index (χ0v) is 33.0. The smallest absolute Gasteiger partial charge is 0.337 e. The molecule has 2 aliphatic heterocycles. The molecule has 0 saturated carbocycles. The number of anilines is 1. The van der Waals surface area contributed by atoms with Gasteiger partial charge in [0.25, 0.3) is 0 Å². The highest BCUT2D eigenvalue weighted by molar-refractivity contribution is 6.35. The van der Waals surface area contributed by atoms with Crippen LogP contribution in [0.4, 0.5) is 5.69 Å². The topological polar surface area (TPSA) is 75.1 Å². The molecule has 1 atom stereocenters. The Labute approximate surface area is 318 Å². The molecule has 52 heavy (non-hydrogen) atoms. The van der Waals surface area contributed by atoms with Gasteiger partial charge >= 0.3 is 5.97 Å². The van der Waals surface area contributed by atoms with Crippen LogP contribution in [0.25, 0.3) is 11.1 Å². The number of hydrogen-bond donors (Lipinski definition) is 1. The minimum absolute atomic E-state index is 0.227. The highest BCUT2D eigenvalue weighted by atomic mass is 35.5. The molecular weight excluding hydrogens is 693 g/mol. The molecular formula is C43H51Cl2N3O4. The highest BCUT2D eigenvalue weighted by Crippen LogP contribution is 2.45. The van der Waals surface area contributed by atoms with Crippen LogP contribution in [-0.2, 0) is 35.6 Å². The Morgan fingerprint density at radius 3 is 2.35 bits per heavy atom. The fraction of sp³-hybridized carbons (Fsp3) is 0.442. The van der Waals surface area contributed by atoms with E-state index in [-0.39, 0.29) is 5.41 Å². The largest absolute Gasteiger partial charge is 0.487 e. The lowest BCUT2D eigenvalue weighted by Crippen LogP contribution is -2.39. The molecule has 0 spiro atoms. The maximum Gasteiger partial charge on any atom is 0.337 e. The number of hydrogen-bond acceptors (Lipinski definition) is 6. The van der Waals surface area contributed by atoms with Gasteiger partial charge in [0.15, 0.2) is 6.10 Å². The fourth-order valence-corrected chi connectivity index (χ4v) is 8.11. The third-order valence-corrected chi connectivity index (χ3v) is 10.8. The molecule has 6 rings (SSSR count). The number of carbonyl (C=O) groups is 1. The Morgan fingerprint density at radius 2 is 1.67 bits per heavy atom. The summed E-state index contributed by atoms with van der Waals surface area (Å²) in [5.41, 5.74) is 9.35. The number of carboxylic acids is 1. The molecule has 1 fully saturated rings. The number of aryl methyl sites for hydroxylation is 2. The Bertz CT molecular complexity index is 1930. The Balaban J connectivity index is 1.33. The van der Waals surface area contributed by atoms with Crippen molar-refractivity contribution in [2.75, 3.05) is 24.5 Å². The van der Waals surface area contributed by atoms with Gasteiger partial charge in [-0.2, -0.15) is 0 Å². The predicted octanol–water partition coefficient (Wildman–Crippen LogP) is 10.4. The lowest BCUT2D eigenvalue weighted by atomic mass is 9.81. The highest BCUT2D eigenvalue weighted by Gasteiger charge is 2.36. The summed E-state index contributed by atoms with van der Waals surface area (Å²) in [4.78, 5) is 22.7. The molecule has 0 aliphatic carbocycles. The first-order valence-corrected chi connectivity index (χ1v) is 19.0. The summed E-state index contributed by atoms with van der Waals surface area (Å²) in [7, 11) is 0. The van der Waals surface area contributed by atoms with Crippen LogP contribution in [-0.4, -0.2) is 46.2 Å². The zero-order valence-electron chi connectivity index (χ0n) is 31.5. The second-order valence-electron chi connectivity index (χ2n) is 16.1. The van der Waals surface area contributed by atoms with E-state index in [1.54, 1.807) is 6.07 Å². The number of piperidine rings is 1. The second-order valence-corrected chi connectivity index (χ2v) is 17.0. The first kappa shape index (κ1) is 38.1. The summed E-state index contributed by atoms with van der Waals surface area (Å²) in [6.45, 7) is 18.6. The lowest BCUT2D eigenvalue weighted by Gasteiger charge is -2.41. The van der Waals surface area contributed by atoms with E-state index in [0.717, 1.165) is 79.1 Å². The number of ether oxygens (including phenoxy) is 2. The number of halogens is 2. The van der Waals surface area contributed by atoms with Crippen LogP contribution in [0.5, 0.6) is 5.75 Å². The molecule has 0 radical (unpaired) electrons. The van der Waals surface area contributed by atoms with Crippen LogP contribution in [0.3, 0.4) is 0 Å². The molecule has 7 nitrogen and oxygen atoms in total. The normalized spacial score (nSPS) is 16.8.